The molecule has 0 radical (unpaired) electrons. The minimum atomic E-state index is -0.540. The van der Waals surface area contributed by atoms with Gasteiger partial charge in [-0.15, -0.1) is 0 Å². The van der Waals surface area contributed by atoms with E-state index in [2.05, 4.69) is 10.6 Å². The van der Waals surface area contributed by atoms with Crippen LogP contribution in [0.1, 0.15) is 33.3 Å². The summed E-state index contributed by atoms with van der Waals surface area (Å²) >= 11 is 0. The van der Waals surface area contributed by atoms with Crippen molar-refractivity contribution < 1.29 is 14.3 Å². The Kier molecular flexibility index (Phi) is 6.42. The number of hydrogen-bond acceptors (Lipinski definition) is 3. The topological polar surface area (TPSA) is 70.7 Å². The SMILES string of the molecule is Cc1ccc(NC(=O)N(C)C(C)CNC(=O)OC(C)(C)C)cc1. The third kappa shape index (κ3) is 7.04. The van der Waals surface area contributed by atoms with E-state index < -0.39 is 11.7 Å². The summed E-state index contributed by atoms with van der Waals surface area (Å²) in [6.07, 6.45) is -0.489. The molecule has 0 saturated carbocycles. The number of carbonyl (C=O) groups excluding carboxylic acids is 2. The van der Waals surface area contributed by atoms with Crippen molar-refractivity contribution >= 4 is 17.8 Å². The molecule has 1 unspecified atom stereocenters. The number of rotatable bonds is 4. The lowest BCUT2D eigenvalue weighted by Crippen LogP contribution is -2.45. The van der Waals surface area contributed by atoms with Gasteiger partial charge in [-0.1, -0.05) is 17.7 Å². The maximum absolute atomic E-state index is 12.2. The lowest BCUT2D eigenvalue weighted by molar-refractivity contribution is 0.0516. The van der Waals surface area contributed by atoms with E-state index in [-0.39, 0.29) is 12.1 Å². The number of nitrogens with one attached hydrogen (secondary N) is 2. The Balaban J connectivity index is 2.46. The Morgan fingerprint density at radius 2 is 1.78 bits per heavy atom. The number of aryl methyl sites for hydroxylation is 1. The van der Waals surface area contributed by atoms with Gasteiger partial charge in [-0.25, -0.2) is 9.59 Å². The third-order valence-corrected chi connectivity index (χ3v) is 3.23. The number of carbonyl (C=O) groups is 2. The number of anilines is 1. The van der Waals surface area contributed by atoms with E-state index in [1.165, 1.54) is 4.90 Å². The molecule has 3 amide bonds. The lowest BCUT2D eigenvalue weighted by Gasteiger charge is -2.26. The first-order valence-electron chi connectivity index (χ1n) is 7.66. The van der Waals surface area contributed by atoms with E-state index in [1.807, 2.05) is 38.1 Å². The van der Waals surface area contributed by atoms with Gasteiger partial charge in [0.05, 0.1) is 0 Å². The van der Waals surface area contributed by atoms with Crippen LogP contribution in [0.5, 0.6) is 0 Å². The Morgan fingerprint density at radius 1 is 1.22 bits per heavy atom. The zero-order valence-electron chi connectivity index (χ0n) is 14.8. The van der Waals surface area contributed by atoms with E-state index in [4.69, 9.17) is 4.74 Å². The van der Waals surface area contributed by atoms with Crippen LogP contribution >= 0.6 is 0 Å². The quantitative estimate of drug-likeness (QED) is 0.893. The van der Waals surface area contributed by atoms with Crippen molar-refractivity contribution in [3.63, 3.8) is 0 Å². The molecule has 128 valence electrons. The fraction of sp³-hybridized carbons (Fsp3) is 0.529. The average Bonchev–Trinajstić information content (AvgIpc) is 2.44. The Bertz CT molecular complexity index is 535. The van der Waals surface area contributed by atoms with Gasteiger partial charge >= 0.3 is 12.1 Å². The Labute approximate surface area is 138 Å². The average molecular weight is 321 g/mol. The highest BCUT2D eigenvalue weighted by molar-refractivity contribution is 5.89. The Hall–Kier alpha value is -2.24. The number of alkyl carbamates (subject to hydrolysis) is 1. The molecule has 0 aliphatic rings. The number of urea groups is 1. The van der Waals surface area contributed by atoms with Crippen LogP contribution in [0.2, 0.25) is 0 Å². The van der Waals surface area contributed by atoms with Crippen molar-refractivity contribution in [3.05, 3.63) is 29.8 Å². The first-order valence-corrected chi connectivity index (χ1v) is 7.66. The van der Waals surface area contributed by atoms with Crippen LogP contribution in [0, 0.1) is 6.92 Å². The van der Waals surface area contributed by atoms with Crippen LogP contribution < -0.4 is 10.6 Å². The van der Waals surface area contributed by atoms with Crippen molar-refractivity contribution in [2.75, 3.05) is 18.9 Å². The predicted molar refractivity (Wildman–Crippen MR) is 91.7 cm³/mol. The lowest BCUT2D eigenvalue weighted by atomic mass is 10.2. The maximum atomic E-state index is 12.2. The summed E-state index contributed by atoms with van der Waals surface area (Å²) in [5, 5.41) is 5.48. The molecule has 6 nitrogen and oxygen atoms in total. The highest BCUT2D eigenvalue weighted by Gasteiger charge is 2.19. The van der Waals surface area contributed by atoms with Gasteiger partial charge in [0.15, 0.2) is 0 Å². The maximum Gasteiger partial charge on any atom is 0.407 e. The van der Waals surface area contributed by atoms with Gasteiger partial charge in [-0.2, -0.15) is 0 Å². The molecular weight excluding hydrogens is 294 g/mol. The van der Waals surface area contributed by atoms with Crippen LogP contribution in [-0.4, -0.2) is 42.3 Å². The molecule has 0 saturated heterocycles. The van der Waals surface area contributed by atoms with E-state index in [0.29, 0.717) is 6.54 Å². The third-order valence-electron chi connectivity index (χ3n) is 3.23. The standard InChI is InChI=1S/C17H27N3O3/c1-12-7-9-14(10-8-12)19-15(21)20(6)13(2)11-18-16(22)23-17(3,4)5/h7-10,13H,11H2,1-6H3,(H,18,22)(H,19,21). The van der Waals surface area contributed by atoms with Crippen molar-refractivity contribution in [2.24, 2.45) is 0 Å². The number of ether oxygens (including phenoxy) is 1. The van der Waals surface area contributed by atoms with E-state index in [9.17, 15) is 9.59 Å². The molecule has 0 aliphatic heterocycles. The van der Waals surface area contributed by atoms with Crippen molar-refractivity contribution in [1.82, 2.24) is 10.2 Å². The van der Waals surface area contributed by atoms with Gasteiger partial charge in [-0.05, 0) is 46.8 Å². The van der Waals surface area contributed by atoms with Crippen molar-refractivity contribution in [2.45, 2.75) is 46.3 Å². The minimum Gasteiger partial charge on any atom is -0.444 e. The molecule has 23 heavy (non-hydrogen) atoms. The molecule has 2 N–H and O–H groups in total. The summed E-state index contributed by atoms with van der Waals surface area (Å²) in [5.41, 5.74) is 1.33. The molecule has 1 rings (SSSR count). The number of benzene rings is 1. The van der Waals surface area contributed by atoms with Gasteiger partial charge in [-0.3, -0.25) is 0 Å². The van der Waals surface area contributed by atoms with E-state index in [0.717, 1.165) is 11.3 Å². The molecule has 0 spiro atoms. The zero-order chi connectivity index (χ0) is 17.6. The largest absolute Gasteiger partial charge is 0.444 e. The smallest absolute Gasteiger partial charge is 0.407 e. The van der Waals surface area contributed by atoms with Crippen molar-refractivity contribution in [3.8, 4) is 0 Å². The molecule has 0 bridgehead atoms. The number of hydrogen-bond donors (Lipinski definition) is 2. The summed E-state index contributed by atoms with van der Waals surface area (Å²) in [7, 11) is 1.69. The van der Waals surface area contributed by atoms with E-state index >= 15 is 0 Å². The fourth-order valence-corrected chi connectivity index (χ4v) is 1.73. The first kappa shape index (κ1) is 18.8. The zero-order valence-corrected chi connectivity index (χ0v) is 14.8. The number of likely N-dealkylation sites (N-methyl/N-ethyl adjacent to an activating group) is 1. The van der Waals surface area contributed by atoms with Gasteiger partial charge in [0.1, 0.15) is 5.60 Å². The number of amides is 3. The number of nitrogens with zero attached hydrogens (tertiary/aromatic N) is 1. The first-order chi connectivity index (χ1) is 10.6. The summed E-state index contributed by atoms with van der Waals surface area (Å²) in [5.74, 6) is 0. The van der Waals surface area contributed by atoms with Crippen LogP contribution in [0.15, 0.2) is 24.3 Å². The summed E-state index contributed by atoms with van der Waals surface area (Å²) in [4.78, 5) is 25.3. The van der Waals surface area contributed by atoms with Crippen LogP contribution in [-0.2, 0) is 4.74 Å². The van der Waals surface area contributed by atoms with Gasteiger partial charge in [0, 0.05) is 25.3 Å². The second-order valence-electron chi connectivity index (χ2n) is 6.64. The summed E-state index contributed by atoms with van der Waals surface area (Å²) in [6.45, 7) is 9.56. The molecule has 0 heterocycles. The monoisotopic (exact) mass is 321 g/mol. The highest BCUT2D eigenvalue weighted by atomic mass is 16.6. The molecule has 1 atom stereocenters. The Morgan fingerprint density at radius 3 is 2.30 bits per heavy atom. The molecule has 1 aromatic carbocycles. The molecule has 0 fully saturated rings. The predicted octanol–water partition coefficient (Wildman–Crippen LogP) is 3.37. The van der Waals surface area contributed by atoms with Crippen LogP contribution in [0.3, 0.4) is 0 Å². The van der Waals surface area contributed by atoms with Gasteiger partial charge < -0.3 is 20.3 Å². The minimum absolute atomic E-state index is 0.173. The molecule has 0 aromatic heterocycles. The summed E-state index contributed by atoms with van der Waals surface area (Å²) in [6, 6.07) is 7.17. The molecule has 6 heteroatoms. The normalized spacial score (nSPS) is 12.3. The second kappa shape index (κ2) is 7.85. The second-order valence-corrected chi connectivity index (χ2v) is 6.64. The van der Waals surface area contributed by atoms with Crippen LogP contribution in [0.25, 0.3) is 0 Å². The van der Waals surface area contributed by atoms with Crippen LogP contribution in [0.4, 0.5) is 15.3 Å². The van der Waals surface area contributed by atoms with Gasteiger partial charge in [0.2, 0.25) is 0 Å². The fourth-order valence-electron chi connectivity index (χ4n) is 1.73. The van der Waals surface area contributed by atoms with Gasteiger partial charge in [0.25, 0.3) is 0 Å². The molecule has 1 aromatic rings. The van der Waals surface area contributed by atoms with Crippen molar-refractivity contribution in [1.29, 1.82) is 0 Å². The summed E-state index contributed by atoms with van der Waals surface area (Å²) < 4.78 is 5.17. The van der Waals surface area contributed by atoms with E-state index in [1.54, 1.807) is 27.8 Å². The highest BCUT2D eigenvalue weighted by Crippen LogP contribution is 2.10. The molecule has 0 aliphatic carbocycles. The molecular formula is C17H27N3O3.